The summed E-state index contributed by atoms with van der Waals surface area (Å²) in [6, 6.07) is 6.98. The van der Waals surface area contributed by atoms with Crippen molar-refractivity contribution in [3.63, 3.8) is 0 Å². The third-order valence-electron chi connectivity index (χ3n) is 2.44. The van der Waals surface area contributed by atoms with E-state index in [4.69, 9.17) is 16.1 Å². The molecule has 0 atom stereocenters. The Bertz CT molecular complexity index is 699. The Morgan fingerprint density at radius 1 is 1.40 bits per heavy atom. The van der Waals surface area contributed by atoms with Gasteiger partial charge in [-0.1, -0.05) is 28.9 Å². The van der Waals surface area contributed by atoms with Gasteiger partial charge in [0.05, 0.1) is 6.54 Å². The molecule has 108 valence electrons. The van der Waals surface area contributed by atoms with Crippen LogP contribution in [0.25, 0.3) is 11.4 Å². The van der Waals surface area contributed by atoms with Crippen molar-refractivity contribution in [2.24, 2.45) is 0 Å². The number of aromatic nitrogens is 2. The van der Waals surface area contributed by atoms with E-state index in [1.807, 2.05) is 0 Å². The first-order valence-corrected chi connectivity index (χ1v) is 7.46. The molecular formula is C11H13ClN4O3S. The maximum atomic E-state index is 11.5. The van der Waals surface area contributed by atoms with E-state index in [2.05, 4.69) is 14.9 Å². The molecule has 1 aromatic carbocycles. The second-order valence-corrected chi connectivity index (χ2v) is 6.54. The molecule has 2 aromatic rings. The van der Waals surface area contributed by atoms with Crippen LogP contribution in [-0.2, 0) is 16.8 Å². The number of halogens is 1. The Hall–Kier alpha value is -1.48. The molecule has 20 heavy (non-hydrogen) atoms. The van der Waals surface area contributed by atoms with Crippen LogP contribution in [0.2, 0.25) is 5.02 Å². The number of hydrogen-bond donors (Lipinski definition) is 1. The summed E-state index contributed by atoms with van der Waals surface area (Å²) in [5, 5.41) is 4.34. The van der Waals surface area contributed by atoms with Crippen molar-refractivity contribution in [3.05, 3.63) is 35.2 Å². The summed E-state index contributed by atoms with van der Waals surface area (Å²) in [5.41, 5.74) is 0.697. The fourth-order valence-corrected chi connectivity index (χ4v) is 2.11. The van der Waals surface area contributed by atoms with E-state index in [-0.39, 0.29) is 12.4 Å². The van der Waals surface area contributed by atoms with E-state index in [0.29, 0.717) is 16.4 Å². The van der Waals surface area contributed by atoms with Gasteiger partial charge in [0.2, 0.25) is 11.7 Å². The summed E-state index contributed by atoms with van der Waals surface area (Å²) in [4.78, 5) is 4.10. The van der Waals surface area contributed by atoms with Gasteiger partial charge < -0.3 is 4.52 Å². The lowest BCUT2D eigenvalue weighted by Gasteiger charge is -2.10. The van der Waals surface area contributed by atoms with Gasteiger partial charge in [-0.15, -0.1) is 0 Å². The predicted octanol–water partition coefficient (Wildman–Crippen LogP) is 1.29. The van der Waals surface area contributed by atoms with E-state index < -0.39 is 10.2 Å². The van der Waals surface area contributed by atoms with E-state index in [1.165, 1.54) is 14.1 Å². The van der Waals surface area contributed by atoms with Gasteiger partial charge in [0.1, 0.15) is 0 Å². The SMILES string of the molecule is CN(C)S(=O)(=O)NCc1nc(-c2cccc(Cl)c2)no1. The second-order valence-electron chi connectivity index (χ2n) is 4.13. The number of nitrogens with one attached hydrogen (secondary N) is 1. The molecule has 0 amide bonds. The maximum absolute atomic E-state index is 11.5. The van der Waals surface area contributed by atoms with Gasteiger partial charge in [-0.05, 0) is 12.1 Å². The molecule has 0 aliphatic heterocycles. The minimum absolute atomic E-state index is 0.0753. The summed E-state index contributed by atoms with van der Waals surface area (Å²) in [7, 11) is -0.676. The number of hydrogen-bond acceptors (Lipinski definition) is 5. The monoisotopic (exact) mass is 316 g/mol. The highest BCUT2D eigenvalue weighted by Crippen LogP contribution is 2.19. The van der Waals surface area contributed by atoms with Gasteiger partial charge in [0.25, 0.3) is 10.2 Å². The summed E-state index contributed by atoms with van der Waals surface area (Å²) in [5.74, 6) is 0.525. The number of rotatable bonds is 5. The average molecular weight is 317 g/mol. The van der Waals surface area contributed by atoms with Crippen molar-refractivity contribution in [2.75, 3.05) is 14.1 Å². The molecule has 7 nitrogen and oxygen atoms in total. The average Bonchev–Trinajstić information content (AvgIpc) is 2.85. The van der Waals surface area contributed by atoms with Crippen LogP contribution < -0.4 is 4.72 Å². The van der Waals surface area contributed by atoms with Gasteiger partial charge in [0, 0.05) is 24.7 Å². The van der Waals surface area contributed by atoms with E-state index in [9.17, 15) is 8.42 Å². The van der Waals surface area contributed by atoms with Gasteiger partial charge in [-0.3, -0.25) is 0 Å². The van der Waals surface area contributed by atoms with Crippen LogP contribution in [0.15, 0.2) is 28.8 Å². The molecule has 1 heterocycles. The predicted molar refractivity (Wildman–Crippen MR) is 74.2 cm³/mol. The molecular weight excluding hydrogens is 304 g/mol. The molecule has 0 unspecified atom stereocenters. The third-order valence-corrected chi connectivity index (χ3v) is 4.14. The molecule has 0 fully saturated rings. The van der Waals surface area contributed by atoms with Crippen molar-refractivity contribution in [1.29, 1.82) is 0 Å². The van der Waals surface area contributed by atoms with Crippen LogP contribution in [0, 0.1) is 0 Å². The van der Waals surface area contributed by atoms with Crippen molar-refractivity contribution < 1.29 is 12.9 Å². The minimum atomic E-state index is -3.52. The Labute approximate surface area is 121 Å². The van der Waals surface area contributed by atoms with Gasteiger partial charge in [-0.25, -0.2) is 0 Å². The summed E-state index contributed by atoms with van der Waals surface area (Å²) < 4.78 is 31.4. The third kappa shape index (κ3) is 3.54. The Kier molecular flexibility index (Phi) is 4.39. The summed E-state index contributed by atoms with van der Waals surface area (Å²) >= 11 is 5.87. The van der Waals surface area contributed by atoms with Crippen molar-refractivity contribution in [3.8, 4) is 11.4 Å². The molecule has 9 heteroatoms. The smallest absolute Gasteiger partial charge is 0.279 e. The maximum Gasteiger partial charge on any atom is 0.279 e. The Morgan fingerprint density at radius 3 is 2.80 bits per heavy atom. The Morgan fingerprint density at radius 2 is 2.15 bits per heavy atom. The normalized spacial score (nSPS) is 12.0. The molecule has 0 aliphatic rings. The zero-order valence-electron chi connectivity index (χ0n) is 10.9. The molecule has 0 saturated carbocycles. The first-order valence-electron chi connectivity index (χ1n) is 5.64. The summed E-state index contributed by atoms with van der Waals surface area (Å²) in [6.45, 7) is -0.0753. The fraction of sp³-hybridized carbons (Fsp3) is 0.273. The van der Waals surface area contributed by atoms with Gasteiger partial charge in [0.15, 0.2) is 0 Å². The zero-order chi connectivity index (χ0) is 14.8. The second kappa shape index (κ2) is 5.88. The molecule has 0 aliphatic carbocycles. The fourth-order valence-electron chi connectivity index (χ4n) is 1.35. The lowest BCUT2D eigenvalue weighted by Crippen LogP contribution is -2.35. The van der Waals surface area contributed by atoms with Gasteiger partial charge in [-0.2, -0.15) is 22.4 Å². The highest BCUT2D eigenvalue weighted by atomic mass is 35.5. The lowest BCUT2D eigenvalue weighted by atomic mass is 10.2. The van der Waals surface area contributed by atoms with E-state index in [1.54, 1.807) is 24.3 Å². The number of nitrogens with zero attached hydrogens (tertiary/aromatic N) is 3. The van der Waals surface area contributed by atoms with Crippen LogP contribution in [0.4, 0.5) is 0 Å². The van der Waals surface area contributed by atoms with Crippen molar-refractivity contribution in [1.82, 2.24) is 19.2 Å². The highest BCUT2D eigenvalue weighted by Gasteiger charge is 2.15. The lowest BCUT2D eigenvalue weighted by molar-refractivity contribution is 0.374. The first kappa shape index (κ1) is 14.9. The minimum Gasteiger partial charge on any atom is -0.338 e. The van der Waals surface area contributed by atoms with Crippen LogP contribution >= 0.6 is 11.6 Å². The molecule has 0 radical (unpaired) electrons. The van der Waals surface area contributed by atoms with Crippen LogP contribution in [0.1, 0.15) is 5.89 Å². The molecule has 0 spiro atoms. The largest absolute Gasteiger partial charge is 0.338 e. The molecule has 0 saturated heterocycles. The van der Waals surface area contributed by atoms with Crippen molar-refractivity contribution >= 4 is 21.8 Å². The molecule has 0 bridgehead atoms. The zero-order valence-corrected chi connectivity index (χ0v) is 12.4. The van der Waals surface area contributed by atoms with Crippen LogP contribution in [0.3, 0.4) is 0 Å². The van der Waals surface area contributed by atoms with Gasteiger partial charge >= 0.3 is 0 Å². The highest BCUT2D eigenvalue weighted by molar-refractivity contribution is 7.87. The van der Waals surface area contributed by atoms with Crippen LogP contribution in [-0.4, -0.2) is 37.0 Å². The molecule has 1 aromatic heterocycles. The Balaban J connectivity index is 2.10. The first-order chi connectivity index (χ1) is 9.38. The topological polar surface area (TPSA) is 88.3 Å². The molecule has 2 rings (SSSR count). The quantitative estimate of drug-likeness (QED) is 0.898. The van der Waals surface area contributed by atoms with E-state index in [0.717, 1.165) is 4.31 Å². The van der Waals surface area contributed by atoms with Crippen LogP contribution in [0.5, 0.6) is 0 Å². The number of benzene rings is 1. The standard InChI is InChI=1S/C11H13ClN4O3S/c1-16(2)20(17,18)13-7-10-14-11(15-19-10)8-4-3-5-9(12)6-8/h3-6,13H,7H2,1-2H3. The summed E-state index contributed by atoms with van der Waals surface area (Å²) in [6.07, 6.45) is 0. The van der Waals surface area contributed by atoms with E-state index >= 15 is 0 Å². The molecule has 1 N–H and O–H groups in total. The van der Waals surface area contributed by atoms with Crippen molar-refractivity contribution in [2.45, 2.75) is 6.54 Å².